The zero-order valence-electron chi connectivity index (χ0n) is 11.9. The Morgan fingerprint density at radius 1 is 1.45 bits per heavy atom. The average Bonchev–Trinajstić information content (AvgIpc) is 2.36. The van der Waals surface area contributed by atoms with E-state index in [-0.39, 0.29) is 23.3 Å². The number of phenolic OH excluding ortho intramolecular Hbond substituents is 1. The first-order valence-electron chi connectivity index (χ1n) is 6.80. The molecule has 0 radical (unpaired) electrons. The molecule has 1 heterocycles. The summed E-state index contributed by atoms with van der Waals surface area (Å²) in [5, 5.41) is 9.67. The zero-order valence-corrected chi connectivity index (χ0v) is 12.7. The topological polar surface area (TPSA) is 66.8 Å². The highest BCUT2D eigenvalue weighted by molar-refractivity contribution is 7.91. The lowest BCUT2D eigenvalue weighted by Gasteiger charge is -2.33. The number of rotatable bonds is 4. The first-order chi connectivity index (χ1) is 9.41. The Bertz CT molecular complexity index is 571. The Morgan fingerprint density at radius 3 is 2.85 bits per heavy atom. The van der Waals surface area contributed by atoms with Gasteiger partial charge in [0.25, 0.3) is 0 Å². The predicted octanol–water partition coefficient (Wildman–Crippen LogP) is 1.41. The summed E-state index contributed by atoms with van der Waals surface area (Å²) < 4.78 is 28.5. The molecule has 1 N–H and O–H groups in total. The molecule has 112 valence electrons. The van der Waals surface area contributed by atoms with Gasteiger partial charge in [-0.3, -0.25) is 4.90 Å². The van der Waals surface area contributed by atoms with E-state index in [1.54, 1.807) is 6.07 Å². The second-order valence-electron chi connectivity index (χ2n) is 5.17. The average molecular weight is 299 g/mol. The van der Waals surface area contributed by atoms with E-state index in [2.05, 4.69) is 4.90 Å². The van der Waals surface area contributed by atoms with E-state index in [9.17, 15) is 13.5 Å². The summed E-state index contributed by atoms with van der Waals surface area (Å²) in [6.45, 7) is 5.50. The Kier molecular flexibility index (Phi) is 4.55. The van der Waals surface area contributed by atoms with Gasteiger partial charge >= 0.3 is 0 Å². The summed E-state index contributed by atoms with van der Waals surface area (Å²) >= 11 is 0. The standard InChI is InChI=1S/C14H21NO4S/c1-3-19-14-8-12(4-5-13(14)16)9-15-6-7-20(17,18)10-11(15)2/h4-5,8,11,16H,3,6-7,9-10H2,1-2H3. The van der Waals surface area contributed by atoms with Crippen LogP contribution >= 0.6 is 0 Å². The van der Waals surface area contributed by atoms with Crippen molar-refractivity contribution in [1.82, 2.24) is 4.90 Å². The molecule has 0 spiro atoms. The number of phenols is 1. The van der Waals surface area contributed by atoms with Gasteiger partial charge < -0.3 is 9.84 Å². The van der Waals surface area contributed by atoms with Crippen LogP contribution in [0.2, 0.25) is 0 Å². The fraction of sp³-hybridized carbons (Fsp3) is 0.571. The Morgan fingerprint density at radius 2 is 2.20 bits per heavy atom. The van der Waals surface area contributed by atoms with Gasteiger partial charge in [-0.05, 0) is 31.5 Å². The summed E-state index contributed by atoms with van der Waals surface area (Å²) in [5.74, 6) is 1.03. The van der Waals surface area contributed by atoms with Crippen LogP contribution in [0, 0.1) is 0 Å². The van der Waals surface area contributed by atoms with Crippen molar-refractivity contribution in [2.75, 3.05) is 24.7 Å². The molecule has 1 aromatic carbocycles. The highest BCUT2D eigenvalue weighted by Crippen LogP contribution is 2.28. The molecule has 1 aliphatic rings. The van der Waals surface area contributed by atoms with Gasteiger partial charge in [0.1, 0.15) is 0 Å². The lowest BCUT2D eigenvalue weighted by molar-refractivity contribution is 0.217. The largest absolute Gasteiger partial charge is 0.504 e. The monoisotopic (exact) mass is 299 g/mol. The van der Waals surface area contributed by atoms with Gasteiger partial charge in [-0.2, -0.15) is 0 Å². The molecule has 0 bridgehead atoms. The molecule has 5 nitrogen and oxygen atoms in total. The van der Waals surface area contributed by atoms with Crippen LogP contribution in [-0.4, -0.2) is 49.1 Å². The molecule has 1 fully saturated rings. The minimum absolute atomic E-state index is 0.0121. The molecule has 20 heavy (non-hydrogen) atoms. The van der Waals surface area contributed by atoms with Crippen molar-refractivity contribution < 1.29 is 18.3 Å². The van der Waals surface area contributed by atoms with Crippen LogP contribution in [0.5, 0.6) is 11.5 Å². The number of ether oxygens (including phenoxy) is 1. The van der Waals surface area contributed by atoms with Crippen molar-refractivity contribution in [3.05, 3.63) is 23.8 Å². The summed E-state index contributed by atoms with van der Waals surface area (Å²) in [6.07, 6.45) is 0. The maximum atomic E-state index is 11.6. The number of hydrogen-bond donors (Lipinski definition) is 1. The molecule has 1 atom stereocenters. The zero-order chi connectivity index (χ0) is 14.8. The third-order valence-electron chi connectivity index (χ3n) is 3.52. The lowest BCUT2D eigenvalue weighted by atomic mass is 10.1. The SMILES string of the molecule is CCOc1cc(CN2CCS(=O)(=O)CC2C)ccc1O. The molecule has 6 heteroatoms. The number of benzene rings is 1. The molecular weight excluding hydrogens is 278 g/mol. The highest BCUT2D eigenvalue weighted by Gasteiger charge is 2.28. The van der Waals surface area contributed by atoms with E-state index in [4.69, 9.17) is 4.74 Å². The van der Waals surface area contributed by atoms with Crippen molar-refractivity contribution >= 4 is 9.84 Å². The van der Waals surface area contributed by atoms with Crippen LogP contribution in [0.3, 0.4) is 0 Å². The summed E-state index contributed by atoms with van der Waals surface area (Å²) in [5.41, 5.74) is 1.01. The Balaban J connectivity index is 2.08. The van der Waals surface area contributed by atoms with Crippen LogP contribution in [0.15, 0.2) is 18.2 Å². The molecule has 0 saturated carbocycles. The maximum absolute atomic E-state index is 11.6. The fourth-order valence-electron chi connectivity index (χ4n) is 2.43. The van der Waals surface area contributed by atoms with Gasteiger partial charge in [-0.25, -0.2) is 8.42 Å². The van der Waals surface area contributed by atoms with Gasteiger partial charge in [0.2, 0.25) is 0 Å². The molecular formula is C14H21NO4S. The normalized spacial score (nSPS) is 22.6. The number of hydrogen-bond acceptors (Lipinski definition) is 5. The van der Waals surface area contributed by atoms with Gasteiger partial charge in [0.15, 0.2) is 21.3 Å². The fourth-order valence-corrected chi connectivity index (χ4v) is 4.06. The summed E-state index contributed by atoms with van der Waals surface area (Å²) in [6, 6.07) is 5.28. The molecule has 0 amide bonds. The number of sulfone groups is 1. The smallest absolute Gasteiger partial charge is 0.161 e. The first kappa shape index (κ1) is 15.1. The van der Waals surface area contributed by atoms with E-state index >= 15 is 0 Å². The molecule has 0 aromatic heterocycles. The van der Waals surface area contributed by atoms with E-state index in [0.29, 0.717) is 25.4 Å². The molecule has 0 aliphatic carbocycles. The Hall–Kier alpha value is -1.27. The van der Waals surface area contributed by atoms with Crippen LogP contribution < -0.4 is 4.74 Å². The van der Waals surface area contributed by atoms with Crippen LogP contribution in [-0.2, 0) is 16.4 Å². The second-order valence-corrected chi connectivity index (χ2v) is 7.40. The van der Waals surface area contributed by atoms with Gasteiger partial charge in [0.05, 0.1) is 18.1 Å². The Labute approximate surface area is 120 Å². The lowest BCUT2D eigenvalue weighted by Crippen LogP contribution is -2.46. The van der Waals surface area contributed by atoms with Crippen LogP contribution in [0.1, 0.15) is 19.4 Å². The van der Waals surface area contributed by atoms with Gasteiger partial charge in [-0.15, -0.1) is 0 Å². The minimum atomic E-state index is -2.89. The summed E-state index contributed by atoms with van der Waals surface area (Å²) in [7, 11) is -2.89. The predicted molar refractivity (Wildman–Crippen MR) is 77.8 cm³/mol. The van der Waals surface area contributed by atoms with E-state index in [1.165, 1.54) is 0 Å². The van der Waals surface area contributed by atoms with Crippen LogP contribution in [0.4, 0.5) is 0 Å². The molecule has 1 saturated heterocycles. The van der Waals surface area contributed by atoms with Crippen LogP contribution in [0.25, 0.3) is 0 Å². The molecule has 2 rings (SSSR count). The van der Waals surface area contributed by atoms with Gasteiger partial charge in [-0.1, -0.05) is 6.07 Å². The van der Waals surface area contributed by atoms with E-state index < -0.39 is 9.84 Å². The van der Waals surface area contributed by atoms with Crippen molar-refractivity contribution in [2.24, 2.45) is 0 Å². The second kappa shape index (κ2) is 6.01. The highest BCUT2D eigenvalue weighted by atomic mass is 32.2. The van der Waals surface area contributed by atoms with Crippen molar-refractivity contribution in [3.63, 3.8) is 0 Å². The van der Waals surface area contributed by atoms with Crippen molar-refractivity contribution in [1.29, 1.82) is 0 Å². The quantitative estimate of drug-likeness (QED) is 0.910. The first-order valence-corrected chi connectivity index (χ1v) is 8.62. The number of nitrogens with zero attached hydrogens (tertiary/aromatic N) is 1. The van der Waals surface area contributed by atoms with Crippen molar-refractivity contribution in [2.45, 2.75) is 26.4 Å². The van der Waals surface area contributed by atoms with E-state index in [0.717, 1.165) is 5.56 Å². The molecule has 1 unspecified atom stereocenters. The maximum Gasteiger partial charge on any atom is 0.161 e. The third kappa shape index (κ3) is 3.64. The number of aromatic hydroxyl groups is 1. The molecule has 1 aromatic rings. The summed E-state index contributed by atoms with van der Waals surface area (Å²) in [4.78, 5) is 2.14. The van der Waals surface area contributed by atoms with Gasteiger partial charge in [0, 0.05) is 19.1 Å². The van der Waals surface area contributed by atoms with E-state index in [1.807, 2.05) is 26.0 Å². The minimum Gasteiger partial charge on any atom is -0.504 e. The third-order valence-corrected chi connectivity index (χ3v) is 5.31. The van der Waals surface area contributed by atoms with Crippen molar-refractivity contribution in [3.8, 4) is 11.5 Å². The molecule has 1 aliphatic heterocycles.